The highest BCUT2D eigenvalue weighted by Crippen LogP contribution is 2.21. The molecule has 0 amide bonds. The Morgan fingerprint density at radius 3 is 3.06 bits per heavy atom. The van der Waals surface area contributed by atoms with Crippen LogP contribution in [-0.4, -0.2) is 31.7 Å². The number of ether oxygens (including phenoxy) is 1. The lowest BCUT2D eigenvalue weighted by atomic mass is 10.1. The fourth-order valence-corrected chi connectivity index (χ4v) is 2.53. The summed E-state index contributed by atoms with van der Waals surface area (Å²) < 4.78 is 5.22. The van der Waals surface area contributed by atoms with Crippen LogP contribution in [0, 0.1) is 12.8 Å². The van der Waals surface area contributed by atoms with Crippen LogP contribution in [-0.2, 0) is 11.3 Å². The average Bonchev–Trinajstić information content (AvgIpc) is 2.72. The normalized spacial score (nSPS) is 20.9. The van der Waals surface area contributed by atoms with E-state index >= 15 is 0 Å². The molecule has 1 aromatic rings. The zero-order valence-corrected chi connectivity index (χ0v) is 10.8. The third-order valence-corrected chi connectivity index (χ3v) is 3.54. The first-order valence-corrected chi connectivity index (χ1v) is 6.25. The van der Waals surface area contributed by atoms with Gasteiger partial charge in [0.15, 0.2) is 0 Å². The van der Waals surface area contributed by atoms with Crippen LogP contribution in [0.3, 0.4) is 0 Å². The Bertz CT molecular complexity index is 378. The molecule has 1 saturated heterocycles. The molecule has 1 fully saturated rings. The Morgan fingerprint density at radius 1 is 1.47 bits per heavy atom. The number of rotatable bonds is 4. The van der Waals surface area contributed by atoms with Crippen molar-refractivity contribution in [3.8, 4) is 0 Å². The highest BCUT2D eigenvalue weighted by molar-refractivity contribution is 5.44. The molecule has 0 aliphatic carbocycles. The van der Waals surface area contributed by atoms with Gasteiger partial charge in [-0.25, -0.2) is 0 Å². The van der Waals surface area contributed by atoms with Crippen molar-refractivity contribution in [3.63, 3.8) is 0 Å². The molecule has 2 rings (SSSR count). The van der Waals surface area contributed by atoms with Gasteiger partial charge in [0.2, 0.25) is 0 Å². The molecule has 1 unspecified atom stereocenters. The fourth-order valence-electron chi connectivity index (χ4n) is 2.53. The molecule has 0 saturated carbocycles. The Hall–Kier alpha value is -1.06. The third-order valence-electron chi connectivity index (χ3n) is 3.54. The second-order valence-electron chi connectivity index (χ2n) is 5.03. The number of nitrogens with two attached hydrogens (primary N) is 1. The van der Waals surface area contributed by atoms with Crippen molar-refractivity contribution in [3.05, 3.63) is 29.3 Å². The molecule has 1 aliphatic rings. The first kappa shape index (κ1) is 12.4. The van der Waals surface area contributed by atoms with Crippen LogP contribution >= 0.6 is 0 Å². The van der Waals surface area contributed by atoms with Crippen LogP contribution < -0.4 is 5.73 Å². The highest BCUT2D eigenvalue weighted by atomic mass is 16.5. The van der Waals surface area contributed by atoms with Gasteiger partial charge in [0.25, 0.3) is 0 Å². The van der Waals surface area contributed by atoms with Gasteiger partial charge in [-0.15, -0.1) is 0 Å². The predicted molar refractivity (Wildman–Crippen MR) is 70.9 cm³/mol. The van der Waals surface area contributed by atoms with E-state index in [0.717, 1.165) is 25.4 Å². The van der Waals surface area contributed by atoms with E-state index in [1.54, 1.807) is 7.11 Å². The lowest BCUT2D eigenvalue weighted by Gasteiger charge is -2.17. The van der Waals surface area contributed by atoms with Crippen LogP contribution in [0.1, 0.15) is 17.5 Å². The molecule has 1 aliphatic heterocycles. The van der Waals surface area contributed by atoms with Crippen molar-refractivity contribution >= 4 is 5.69 Å². The Morgan fingerprint density at radius 2 is 2.29 bits per heavy atom. The van der Waals surface area contributed by atoms with Crippen molar-refractivity contribution in [2.24, 2.45) is 5.92 Å². The molecule has 0 radical (unpaired) electrons. The van der Waals surface area contributed by atoms with Crippen molar-refractivity contribution in [2.45, 2.75) is 19.9 Å². The number of anilines is 1. The van der Waals surface area contributed by atoms with Crippen LogP contribution in [0.4, 0.5) is 5.69 Å². The van der Waals surface area contributed by atoms with E-state index in [2.05, 4.69) is 24.0 Å². The molecule has 1 atom stereocenters. The minimum Gasteiger partial charge on any atom is -0.399 e. The summed E-state index contributed by atoms with van der Waals surface area (Å²) in [7, 11) is 1.78. The lowest BCUT2D eigenvalue weighted by Crippen LogP contribution is -2.21. The monoisotopic (exact) mass is 234 g/mol. The molecule has 2 N–H and O–H groups in total. The quantitative estimate of drug-likeness (QED) is 0.810. The van der Waals surface area contributed by atoms with Gasteiger partial charge in [-0.1, -0.05) is 6.07 Å². The number of aryl methyl sites for hydroxylation is 1. The summed E-state index contributed by atoms with van der Waals surface area (Å²) in [6.45, 7) is 6.35. The predicted octanol–water partition coefficient (Wildman–Crippen LogP) is 2.05. The number of likely N-dealkylation sites (tertiary alicyclic amines) is 1. The lowest BCUT2D eigenvalue weighted by molar-refractivity contribution is 0.152. The summed E-state index contributed by atoms with van der Waals surface area (Å²) in [6, 6.07) is 6.17. The average molecular weight is 234 g/mol. The number of nitrogens with zero attached hydrogens (tertiary/aromatic N) is 1. The SMILES string of the molecule is COCC1CCN(Cc2cc(N)ccc2C)C1. The number of hydrogen-bond acceptors (Lipinski definition) is 3. The number of nitrogen functional groups attached to an aromatic ring is 1. The van der Waals surface area contributed by atoms with Crippen LogP contribution in [0.25, 0.3) is 0 Å². The smallest absolute Gasteiger partial charge is 0.0503 e. The second-order valence-corrected chi connectivity index (χ2v) is 5.03. The van der Waals surface area contributed by atoms with Crippen molar-refractivity contribution < 1.29 is 4.74 Å². The van der Waals surface area contributed by atoms with Crippen molar-refractivity contribution in [1.29, 1.82) is 0 Å². The van der Waals surface area contributed by atoms with E-state index in [4.69, 9.17) is 10.5 Å². The third kappa shape index (κ3) is 3.20. The maximum atomic E-state index is 5.84. The van der Waals surface area contributed by atoms with Crippen molar-refractivity contribution in [1.82, 2.24) is 4.90 Å². The van der Waals surface area contributed by atoms with Gasteiger partial charge in [0.1, 0.15) is 0 Å². The Kier molecular flexibility index (Phi) is 4.02. The van der Waals surface area contributed by atoms with Crippen LogP contribution in [0.2, 0.25) is 0 Å². The molecule has 3 heteroatoms. The first-order chi connectivity index (χ1) is 8.19. The van der Waals surface area contributed by atoms with Gasteiger partial charge in [0.05, 0.1) is 6.61 Å². The molecule has 17 heavy (non-hydrogen) atoms. The Balaban J connectivity index is 1.95. The minimum atomic E-state index is 0.696. The topological polar surface area (TPSA) is 38.5 Å². The van der Waals surface area contributed by atoms with Gasteiger partial charge < -0.3 is 10.5 Å². The molecule has 1 aromatic carbocycles. The molecule has 94 valence electrons. The summed E-state index contributed by atoms with van der Waals surface area (Å²) in [6.07, 6.45) is 1.25. The van der Waals surface area contributed by atoms with Crippen molar-refractivity contribution in [2.75, 3.05) is 32.5 Å². The minimum absolute atomic E-state index is 0.696. The molecule has 0 spiro atoms. The zero-order chi connectivity index (χ0) is 12.3. The van der Waals surface area contributed by atoms with E-state index in [1.807, 2.05) is 6.07 Å². The van der Waals surface area contributed by atoms with Gasteiger partial charge in [0, 0.05) is 25.9 Å². The van der Waals surface area contributed by atoms with Gasteiger partial charge in [-0.05, 0) is 49.1 Å². The highest BCUT2D eigenvalue weighted by Gasteiger charge is 2.22. The standard InChI is InChI=1S/C14H22N2O/c1-11-3-4-14(15)7-13(11)9-16-6-5-12(8-16)10-17-2/h3-4,7,12H,5-6,8-10,15H2,1-2H3. The van der Waals surface area contributed by atoms with E-state index in [0.29, 0.717) is 5.92 Å². The summed E-state index contributed by atoms with van der Waals surface area (Å²) in [5.74, 6) is 0.696. The van der Waals surface area contributed by atoms with Gasteiger partial charge in [-0.2, -0.15) is 0 Å². The number of methoxy groups -OCH3 is 1. The summed E-state index contributed by atoms with van der Waals surface area (Å²) >= 11 is 0. The van der Waals surface area contributed by atoms with E-state index in [1.165, 1.54) is 24.1 Å². The molecular weight excluding hydrogens is 212 g/mol. The van der Waals surface area contributed by atoms with Gasteiger partial charge in [-0.3, -0.25) is 4.90 Å². The van der Waals surface area contributed by atoms with Gasteiger partial charge >= 0.3 is 0 Å². The molecular formula is C14H22N2O. The van der Waals surface area contributed by atoms with Crippen LogP contribution in [0.15, 0.2) is 18.2 Å². The zero-order valence-electron chi connectivity index (χ0n) is 10.8. The Labute approximate surface area is 104 Å². The maximum absolute atomic E-state index is 5.84. The van der Waals surface area contributed by atoms with E-state index < -0.39 is 0 Å². The van der Waals surface area contributed by atoms with E-state index in [-0.39, 0.29) is 0 Å². The second kappa shape index (κ2) is 5.52. The molecule has 0 bridgehead atoms. The maximum Gasteiger partial charge on any atom is 0.0503 e. The summed E-state index contributed by atoms with van der Waals surface area (Å²) in [5.41, 5.74) is 9.38. The number of hydrogen-bond donors (Lipinski definition) is 1. The molecule has 1 heterocycles. The van der Waals surface area contributed by atoms with Crippen LogP contribution in [0.5, 0.6) is 0 Å². The van der Waals surface area contributed by atoms with E-state index in [9.17, 15) is 0 Å². The first-order valence-electron chi connectivity index (χ1n) is 6.25. The molecule has 0 aromatic heterocycles. The fraction of sp³-hybridized carbons (Fsp3) is 0.571. The molecule has 3 nitrogen and oxygen atoms in total. The largest absolute Gasteiger partial charge is 0.399 e. The summed E-state index contributed by atoms with van der Waals surface area (Å²) in [5, 5.41) is 0. The summed E-state index contributed by atoms with van der Waals surface area (Å²) in [4.78, 5) is 2.49. The number of benzene rings is 1.